The van der Waals surface area contributed by atoms with E-state index in [1.54, 1.807) is 12.3 Å². The first-order chi connectivity index (χ1) is 9.56. The van der Waals surface area contributed by atoms with Crippen LogP contribution in [0.4, 0.5) is 0 Å². The second-order valence-electron chi connectivity index (χ2n) is 5.01. The van der Waals surface area contributed by atoms with Crippen LogP contribution < -0.4 is 15.4 Å². The summed E-state index contributed by atoms with van der Waals surface area (Å²) in [4.78, 5) is 27.2. The van der Waals surface area contributed by atoms with Crippen LogP contribution >= 0.6 is 0 Å². The molecule has 6 heteroatoms. The minimum atomic E-state index is -0.423. The summed E-state index contributed by atoms with van der Waals surface area (Å²) in [5.74, 6) is 0.281. The van der Waals surface area contributed by atoms with Gasteiger partial charge in [-0.15, -0.1) is 0 Å². The van der Waals surface area contributed by atoms with Crippen LogP contribution in [-0.4, -0.2) is 28.9 Å². The SMILES string of the molecule is CC(C)Oc1ncccc1CNC(=O)[C@H]1CCC(=O)N1. The monoisotopic (exact) mass is 277 g/mol. The number of ether oxygens (including phenoxy) is 1. The van der Waals surface area contributed by atoms with Gasteiger partial charge in [0.2, 0.25) is 17.7 Å². The van der Waals surface area contributed by atoms with Gasteiger partial charge in [-0.1, -0.05) is 6.07 Å². The molecule has 2 amide bonds. The van der Waals surface area contributed by atoms with Gasteiger partial charge in [0.15, 0.2) is 0 Å². The first kappa shape index (κ1) is 14.3. The number of nitrogens with zero attached hydrogens (tertiary/aromatic N) is 1. The third-order valence-corrected chi connectivity index (χ3v) is 2.96. The number of nitrogens with one attached hydrogen (secondary N) is 2. The van der Waals surface area contributed by atoms with Crippen LogP contribution in [0.15, 0.2) is 18.3 Å². The first-order valence-electron chi connectivity index (χ1n) is 6.74. The Morgan fingerprint density at radius 2 is 2.40 bits per heavy atom. The predicted octanol–water partition coefficient (Wildman–Crippen LogP) is 0.764. The van der Waals surface area contributed by atoms with Crippen LogP contribution in [0.1, 0.15) is 32.3 Å². The zero-order valence-corrected chi connectivity index (χ0v) is 11.7. The predicted molar refractivity (Wildman–Crippen MR) is 73.0 cm³/mol. The van der Waals surface area contributed by atoms with Gasteiger partial charge >= 0.3 is 0 Å². The molecular weight excluding hydrogens is 258 g/mol. The lowest BCUT2D eigenvalue weighted by molar-refractivity contribution is -0.125. The van der Waals surface area contributed by atoms with Crippen molar-refractivity contribution in [2.75, 3.05) is 0 Å². The van der Waals surface area contributed by atoms with Crippen LogP contribution in [0.3, 0.4) is 0 Å². The van der Waals surface area contributed by atoms with Gasteiger partial charge in [-0.25, -0.2) is 4.98 Å². The quantitative estimate of drug-likeness (QED) is 0.833. The number of carbonyl (C=O) groups excluding carboxylic acids is 2. The molecule has 1 aromatic rings. The summed E-state index contributed by atoms with van der Waals surface area (Å²) >= 11 is 0. The molecule has 1 aromatic heterocycles. The minimum Gasteiger partial charge on any atom is -0.475 e. The maximum absolute atomic E-state index is 11.9. The summed E-state index contributed by atoms with van der Waals surface area (Å²) in [6.07, 6.45) is 2.63. The summed E-state index contributed by atoms with van der Waals surface area (Å²) in [6.45, 7) is 4.18. The van der Waals surface area contributed by atoms with Crippen molar-refractivity contribution in [1.82, 2.24) is 15.6 Å². The van der Waals surface area contributed by atoms with Crippen molar-refractivity contribution in [3.63, 3.8) is 0 Å². The van der Waals surface area contributed by atoms with Gasteiger partial charge in [-0.3, -0.25) is 9.59 Å². The third-order valence-electron chi connectivity index (χ3n) is 2.96. The molecular formula is C14H19N3O3. The van der Waals surface area contributed by atoms with Crippen molar-refractivity contribution in [2.45, 2.75) is 45.4 Å². The number of hydrogen-bond donors (Lipinski definition) is 2. The zero-order chi connectivity index (χ0) is 14.5. The molecule has 2 N–H and O–H groups in total. The molecule has 0 bridgehead atoms. The summed E-state index contributed by atoms with van der Waals surface area (Å²) in [5, 5.41) is 5.44. The molecule has 2 rings (SSSR count). The standard InChI is InChI=1S/C14H19N3O3/c1-9(2)20-14-10(4-3-7-15-14)8-16-13(19)11-5-6-12(18)17-11/h3-4,7,9,11H,5-6,8H2,1-2H3,(H,16,19)(H,17,18)/t11-/m1/s1. The number of pyridine rings is 1. The highest BCUT2D eigenvalue weighted by Gasteiger charge is 2.26. The molecule has 1 fully saturated rings. The number of amides is 2. The molecule has 1 saturated heterocycles. The largest absolute Gasteiger partial charge is 0.475 e. The van der Waals surface area contributed by atoms with Crippen molar-refractivity contribution in [1.29, 1.82) is 0 Å². The van der Waals surface area contributed by atoms with E-state index in [9.17, 15) is 9.59 Å². The number of hydrogen-bond acceptors (Lipinski definition) is 4. The second kappa shape index (κ2) is 6.36. The lowest BCUT2D eigenvalue weighted by atomic mass is 10.2. The zero-order valence-electron chi connectivity index (χ0n) is 11.7. The lowest BCUT2D eigenvalue weighted by Crippen LogP contribution is -2.41. The van der Waals surface area contributed by atoms with Crippen LogP contribution in [0.5, 0.6) is 5.88 Å². The Kier molecular flexibility index (Phi) is 4.55. The Hall–Kier alpha value is -2.11. The smallest absolute Gasteiger partial charge is 0.242 e. The summed E-state index contributed by atoms with van der Waals surface area (Å²) in [6, 6.07) is 3.23. The molecule has 1 atom stereocenters. The summed E-state index contributed by atoms with van der Waals surface area (Å²) < 4.78 is 5.59. The summed E-state index contributed by atoms with van der Waals surface area (Å²) in [5.41, 5.74) is 0.818. The van der Waals surface area contributed by atoms with Gasteiger partial charge < -0.3 is 15.4 Å². The Bertz CT molecular complexity index is 502. The van der Waals surface area contributed by atoms with Crippen molar-refractivity contribution >= 4 is 11.8 Å². The van der Waals surface area contributed by atoms with E-state index in [0.717, 1.165) is 5.56 Å². The molecule has 0 spiro atoms. The van der Waals surface area contributed by atoms with Crippen molar-refractivity contribution < 1.29 is 14.3 Å². The molecule has 0 aliphatic carbocycles. The van der Waals surface area contributed by atoms with Gasteiger partial charge in [0.1, 0.15) is 6.04 Å². The van der Waals surface area contributed by atoms with E-state index in [1.807, 2.05) is 19.9 Å². The van der Waals surface area contributed by atoms with Gasteiger partial charge in [0.25, 0.3) is 0 Å². The van der Waals surface area contributed by atoms with Gasteiger partial charge in [0, 0.05) is 24.7 Å². The van der Waals surface area contributed by atoms with E-state index in [-0.39, 0.29) is 17.9 Å². The van der Waals surface area contributed by atoms with E-state index in [1.165, 1.54) is 0 Å². The van der Waals surface area contributed by atoms with Crippen LogP contribution in [0, 0.1) is 0 Å². The van der Waals surface area contributed by atoms with E-state index >= 15 is 0 Å². The average Bonchev–Trinajstić information content (AvgIpc) is 2.83. The molecule has 6 nitrogen and oxygen atoms in total. The van der Waals surface area contributed by atoms with Gasteiger partial charge in [-0.05, 0) is 26.3 Å². The Labute approximate surface area is 117 Å². The fourth-order valence-electron chi connectivity index (χ4n) is 2.00. The number of carbonyl (C=O) groups is 2. The second-order valence-corrected chi connectivity index (χ2v) is 5.01. The highest BCUT2D eigenvalue weighted by molar-refractivity contribution is 5.90. The van der Waals surface area contributed by atoms with Crippen LogP contribution in [0.25, 0.3) is 0 Å². The van der Waals surface area contributed by atoms with E-state index < -0.39 is 6.04 Å². The van der Waals surface area contributed by atoms with Crippen molar-refractivity contribution in [3.05, 3.63) is 23.9 Å². The average molecular weight is 277 g/mol. The normalized spacial score (nSPS) is 17.9. The summed E-state index contributed by atoms with van der Waals surface area (Å²) in [7, 11) is 0. The number of aromatic nitrogens is 1. The Morgan fingerprint density at radius 1 is 1.60 bits per heavy atom. The minimum absolute atomic E-state index is 0.0217. The van der Waals surface area contributed by atoms with Gasteiger partial charge in [-0.2, -0.15) is 0 Å². The fourth-order valence-corrected chi connectivity index (χ4v) is 2.00. The van der Waals surface area contributed by atoms with E-state index in [0.29, 0.717) is 25.3 Å². The third kappa shape index (κ3) is 3.69. The van der Waals surface area contributed by atoms with Crippen LogP contribution in [-0.2, 0) is 16.1 Å². The maximum atomic E-state index is 11.9. The highest BCUT2D eigenvalue weighted by Crippen LogP contribution is 2.16. The van der Waals surface area contributed by atoms with E-state index in [4.69, 9.17) is 4.74 Å². The van der Waals surface area contributed by atoms with Gasteiger partial charge in [0.05, 0.1) is 6.10 Å². The lowest BCUT2D eigenvalue weighted by Gasteiger charge is -2.14. The molecule has 0 radical (unpaired) electrons. The molecule has 1 aliphatic rings. The van der Waals surface area contributed by atoms with Crippen molar-refractivity contribution in [2.24, 2.45) is 0 Å². The fraction of sp³-hybridized carbons (Fsp3) is 0.500. The first-order valence-corrected chi connectivity index (χ1v) is 6.74. The Balaban J connectivity index is 1.93. The maximum Gasteiger partial charge on any atom is 0.242 e. The van der Waals surface area contributed by atoms with Crippen LogP contribution in [0.2, 0.25) is 0 Å². The highest BCUT2D eigenvalue weighted by atomic mass is 16.5. The molecule has 1 aliphatic heterocycles. The molecule has 20 heavy (non-hydrogen) atoms. The topological polar surface area (TPSA) is 80.3 Å². The molecule has 2 heterocycles. The number of rotatable bonds is 5. The molecule has 0 saturated carbocycles. The molecule has 108 valence electrons. The van der Waals surface area contributed by atoms with E-state index in [2.05, 4.69) is 15.6 Å². The van der Waals surface area contributed by atoms with Crippen molar-refractivity contribution in [3.8, 4) is 5.88 Å². The Morgan fingerprint density at radius 3 is 3.05 bits per heavy atom. The molecule has 0 unspecified atom stereocenters. The molecule has 0 aromatic carbocycles.